The lowest BCUT2D eigenvalue weighted by Gasteiger charge is -2.11. The van der Waals surface area contributed by atoms with Crippen LogP contribution in [0, 0.1) is 0 Å². The summed E-state index contributed by atoms with van der Waals surface area (Å²) in [6.45, 7) is 0. The fourth-order valence-corrected chi connectivity index (χ4v) is 2.99. The van der Waals surface area contributed by atoms with Crippen molar-refractivity contribution in [3.8, 4) is 22.1 Å². The second-order valence-electron chi connectivity index (χ2n) is 5.03. The summed E-state index contributed by atoms with van der Waals surface area (Å²) in [7, 11) is 2.99. The van der Waals surface area contributed by atoms with E-state index in [1.54, 1.807) is 30.3 Å². The fourth-order valence-electron chi connectivity index (χ4n) is 2.25. The number of rotatable bonds is 5. The highest BCUT2D eigenvalue weighted by atomic mass is 32.1. The van der Waals surface area contributed by atoms with Gasteiger partial charge in [0.25, 0.3) is 5.91 Å². The maximum atomic E-state index is 12.6. The Morgan fingerprint density at radius 3 is 2.28 bits per heavy atom. The molecule has 8 heteroatoms. The van der Waals surface area contributed by atoms with Gasteiger partial charge in [-0.25, -0.2) is 0 Å². The number of aromatic nitrogens is 2. The van der Waals surface area contributed by atoms with Crippen molar-refractivity contribution in [3.05, 3.63) is 48.0 Å². The monoisotopic (exact) mass is 356 g/mol. The van der Waals surface area contributed by atoms with Crippen LogP contribution in [-0.2, 0) is 0 Å². The summed E-state index contributed by atoms with van der Waals surface area (Å²) < 4.78 is 10.5. The van der Waals surface area contributed by atoms with Crippen molar-refractivity contribution in [2.24, 2.45) is 0 Å². The molecule has 3 rings (SSSR count). The molecule has 7 nitrogen and oxygen atoms in total. The Balaban J connectivity index is 1.84. The van der Waals surface area contributed by atoms with Crippen molar-refractivity contribution in [1.82, 2.24) is 10.2 Å². The largest absolute Gasteiger partial charge is 0.496 e. The Kier molecular flexibility index (Phi) is 4.80. The molecule has 0 aliphatic heterocycles. The molecule has 2 aromatic carbocycles. The third-order valence-corrected chi connectivity index (χ3v) is 4.35. The minimum absolute atomic E-state index is 0.303. The molecule has 0 atom stereocenters. The summed E-state index contributed by atoms with van der Waals surface area (Å²) in [6, 6.07) is 12.4. The van der Waals surface area contributed by atoms with E-state index >= 15 is 0 Å². The number of carbonyl (C=O) groups is 1. The Bertz CT molecular complexity index is 871. The van der Waals surface area contributed by atoms with Gasteiger partial charge in [-0.05, 0) is 36.4 Å². The molecule has 0 aliphatic carbocycles. The third kappa shape index (κ3) is 3.53. The summed E-state index contributed by atoms with van der Waals surface area (Å²) in [4.78, 5) is 12.6. The minimum atomic E-state index is -0.380. The van der Waals surface area contributed by atoms with E-state index in [1.807, 2.05) is 12.1 Å². The smallest absolute Gasteiger partial charge is 0.265 e. The van der Waals surface area contributed by atoms with Gasteiger partial charge in [-0.15, -0.1) is 10.2 Å². The Morgan fingerprint density at radius 1 is 1.04 bits per heavy atom. The molecule has 1 heterocycles. The number of hydrogen-bond acceptors (Lipinski definition) is 7. The Hall–Kier alpha value is -3.13. The van der Waals surface area contributed by atoms with Crippen molar-refractivity contribution in [3.63, 3.8) is 0 Å². The first-order valence-electron chi connectivity index (χ1n) is 7.34. The molecule has 0 saturated carbocycles. The van der Waals surface area contributed by atoms with Crippen molar-refractivity contribution >= 4 is 28.1 Å². The number of methoxy groups -OCH3 is 2. The van der Waals surface area contributed by atoms with Crippen LogP contribution >= 0.6 is 11.3 Å². The van der Waals surface area contributed by atoms with Crippen LogP contribution in [0.15, 0.2) is 42.5 Å². The van der Waals surface area contributed by atoms with E-state index in [2.05, 4.69) is 15.5 Å². The van der Waals surface area contributed by atoms with Crippen LogP contribution in [0.2, 0.25) is 0 Å². The average Bonchev–Trinajstić information content (AvgIpc) is 3.09. The van der Waals surface area contributed by atoms with Gasteiger partial charge in [0.2, 0.25) is 5.13 Å². The lowest BCUT2D eigenvalue weighted by Crippen LogP contribution is -2.14. The second kappa shape index (κ2) is 7.18. The molecular formula is C17H16N4O3S. The maximum absolute atomic E-state index is 12.6. The van der Waals surface area contributed by atoms with Crippen molar-refractivity contribution < 1.29 is 14.3 Å². The van der Waals surface area contributed by atoms with Gasteiger partial charge in [0.1, 0.15) is 22.1 Å². The van der Waals surface area contributed by atoms with Gasteiger partial charge in [-0.3, -0.25) is 10.1 Å². The summed E-state index contributed by atoms with van der Waals surface area (Å²) in [5.41, 5.74) is 7.53. The van der Waals surface area contributed by atoms with Gasteiger partial charge in [-0.1, -0.05) is 17.4 Å². The normalized spacial score (nSPS) is 10.3. The summed E-state index contributed by atoms with van der Waals surface area (Å²) in [6.07, 6.45) is 0. The van der Waals surface area contributed by atoms with Gasteiger partial charge < -0.3 is 15.2 Å². The van der Waals surface area contributed by atoms with E-state index in [-0.39, 0.29) is 5.91 Å². The van der Waals surface area contributed by atoms with E-state index in [9.17, 15) is 4.79 Å². The molecule has 0 radical (unpaired) electrons. The average molecular weight is 356 g/mol. The predicted octanol–water partition coefficient (Wildman–Crippen LogP) is 3.06. The van der Waals surface area contributed by atoms with E-state index in [1.165, 1.54) is 25.6 Å². The van der Waals surface area contributed by atoms with Crippen molar-refractivity contribution in [1.29, 1.82) is 0 Å². The highest BCUT2D eigenvalue weighted by molar-refractivity contribution is 7.18. The van der Waals surface area contributed by atoms with Crippen LogP contribution in [0.1, 0.15) is 10.4 Å². The number of ether oxygens (including phenoxy) is 2. The van der Waals surface area contributed by atoms with Crippen molar-refractivity contribution in [2.45, 2.75) is 0 Å². The molecule has 0 bridgehead atoms. The van der Waals surface area contributed by atoms with Gasteiger partial charge in [0, 0.05) is 11.3 Å². The SMILES string of the molecule is COc1cccc(OC)c1C(=O)Nc1nnc(-c2ccc(N)cc2)s1. The fraction of sp³-hybridized carbons (Fsp3) is 0.118. The van der Waals surface area contributed by atoms with Gasteiger partial charge in [-0.2, -0.15) is 0 Å². The predicted molar refractivity (Wildman–Crippen MR) is 97.3 cm³/mol. The van der Waals surface area contributed by atoms with Crippen molar-refractivity contribution in [2.75, 3.05) is 25.3 Å². The van der Waals surface area contributed by atoms with E-state index in [0.29, 0.717) is 32.9 Å². The zero-order valence-electron chi connectivity index (χ0n) is 13.6. The Labute approximate surface area is 148 Å². The van der Waals surface area contributed by atoms with E-state index in [0.717, 1.165) is 5.56 Å². The lowest BCUT2D eigenvalue weighted by molar-refractivity contribution is 0.102. The molecule has 0 aliphatic rings. The van der Waals surface area contributed by atoms with Crippen LogP contribution < -0.4 is 20.5 Å². The van der Waals surface area contributed by atoms with E-state index < -0.39 is 0 Å². The van der Waals surface area contributed by atoms with Crippen LogP contribution in [0.3, 0.4) is 0 Å². The lowest BCUT2D eigenvalue weighted by atomic mass is 10.1. The highest BCUT2D eigenvalue weighted by Gasteiger charge is 2.19. The van der Waals surface area contributed by atoms with Crippen LogP contribution in [0.25, 0.3) is 10.6 Å². The Morgan fingerprint density at radius 2 is 1.68 bits per heavy atom. The summed E-state index contributed by atoms with van der Waals surface area (Å²) >= 11 is 1.27. The molecule has 3 aromatic rings. The number of benzene rings is 2. The first-order chi connectivity index (χ1) is 12.1. The number of nitrogens with zero attached hydrogens (tertiary/aromatic N) is 2. The van der Waals surface area contributed by atoms with Crippen LogP contribution in [-0.4, -0.2) is 30.3 Å². The molecule has 0 fully saturated rings. The standard InChI is InChI=1S/C17H16N4O3S/c1-23-12-4-3-5-13(24-2)14(12)15(22)19-17-21-20-16(25-17)10-6-8-11(18)9-7-10/h3-9H,18H2,1-2H3,(H,19,21,22). The number of amides is 1. The highest BCUT2D eigenvalue weighted by Crippen LogP contribution is 2.31. The molecule has 3 N–H and O–H groups in total. The van der Waals surface area contributed by atoms with Crippen LogP contribution in [0.5, 0.6) is 11.5 Å². The maximum Gasteiger partial charge on any atom is 0.265 e. The number of nitrogens with one attached hydrogen (secondary N) is 1. The molecule has 0 saturated heterocycles. The molecule has 128 valence electrons. The molecule has 1 aromatic heterocycles. The molecule has 25 heavy (non-hydrogen) atoms. The van der Waals surface area contributed by atoms with Crippen LogP contribution in [0.4, 0.5) is 10.8 Å². The molecule has 1 amide bonds. The molecular weight excluding hydrogens is 340 g/mol. The summed E-state index contributed by atoms with van der Waals surface area (Å²) in [5.74, 6) is 0.453. The van der Waals surface area contributed by atoms with E-state index in [4.69, 9.17) is 15.2 Å². The number of anilines is 2. The third-order valence-electron chi connectivity index (χ3n) is 3.46. The molecule has 0 unspecified atom stereocenters. The first-order valence-corrected chi connectivity index (χ1v) is 8.15. The number of hydrogen-bond donors (Lipinski definition) is 2. The number of nitrogen functional groups attached to an aromatic ring is 1. The zero-order chi connectivity index (χ0) is 17.8. The quantitative estimate of drug-likeness (QED) is 0.682. The van der Waals surface area contributed by atoms with Gasteiger partial charge >= 0.3 is 0 Å². The molecule has 0 spiro atoms. The summed E-state index contributed by atoms with van der Waals surface area (Å²) in [5, 5.41) is 11.9. The number of carbonyl (C=O) groups excluding carboxylic acids is 1. The zero-order valence-corrected chi connectivity index (χ0v) is 14.5. The van der Waals surface area contributed by atoms with Gasteiger partial charge in [0.15, 0.2) is 0 Å². The first kappa shape index (κ1) is 16.7. The topological polar surface area (TPSA) is 99.4 Å². The minimum Gasteiger partial charge on any atom is -0.496 e. The second-order valence-corrected chi connectivity index (χ2v) is 6.00. The van der Waals surface area contributed by atoms with Gasteiger partial charge in [0.05, 0.1) is 14.2 Å². The number of nitrogens with two attached hydrogens (primary N) is 1.